The number of rotatable bonds is 3. The fraction of sp³-hybridized carbons (Fsp3) is 0.667. The Morgan fingerprint density at radius 2 is 2.44 bits per heavy atom. The van der Waals surface area contributed by atoms with Crippen molar-refractivity contribution in [3.63, 3.8) is 0 Å². The summed E-state index contributed by atoms with van der Waals surface area (Å²) >= 11 is 1.57. The van der Waals surface area contributed by atoms with Gasteiger partial charge in [-0.2, -0.15) is 4.31 Å². The highest BCUT2D eigenvalue weighted by molar-refractivity contribution is 7.88. The van der Waals surface area contributed by atoms with Crippen molar-refractivity contribution in [1.29, 1.82) is 0 Å². The molecule has 0 atom stereocenters. The third-order valence-electron chi connectivity index (χ3n) is 2.35. The maximum Gasteiger partial charge on any atom is 0.238 e. The molecular weight excluding hydrogens is 248 g/mol. The van der Waals surface area contributed by atoms with E-state index in [4.69, 9.17) is 4.74 Å². The molecule has 1 aromatic heterocycles. The lowest BCUT2D eigenvalue weighted by Gasteiger charge is -2.25. The minimum Gasteiger partial charge on any atom is -0.363 e. The molecular formula is C9H14N2O3S2. The van der Waals surface area contributed by atoms with Crippen molar-refractivity contribution in [2.24, 2.45) is 0 Å². The number of hydrogen-bond donors (Lipinski definition) is 0. The molecule has 0 aromatic carbocycles. The zero-order chi connectivity index (χ0) is 11.6. The van der Waals surface area contributed by atoms with E-state index in [1.165, 1.54) is 4.31 Å². The van der Waals surface area contributed by atoms with Crippen molar-refractivity contribution >= 4 is 21.4 Å². The van der Waals surface area contributed by atoms with Gasteiger partial charge in [0.15, 0.2) is 5.94 Å². The highest BCUT2D eigenvalue weighted by Gasteiger charge is 2.26. The van der Waals surface area contributed by atoms with Crippen LogP contribution in [0, 0.1) is 0 Å². The Hall–Kier alpha value is -0.500. The molecule has 1 saturated heterocycles. The van der Waals surface area contributed by atoms with Crippen LogP contribution in [-0.4, -0.2) is 36.8 Å². The van der Waals surface area contributed by atoms with Gasteiger partial charge in [0.05, 0.1) is 23.9 Å². The van der Waals surface area contributed by atoms with Gasteiger partial charge in [-0.3, -0.25) is 0 Å². The smallest absolute Gasteiger partial charge is 0.238 e. The zero-order valence-corrected chi connectivity index (χ0v) is 10.7. The SMILES string of the molecule is CCc1nc(CN2CCOCS2(=O)=O)cs1. The van der Waals surface area contributed by atoms with Crippen LogP contribution in [0.2, 0.25) is 0 Å². The number of sulfonamides is 1. The summed E-state index contributed by atoms with van der Waals surface area (Å²) in [5.74, 6) is -0.211. The second-order valence-electron chi connectivity index (χ2n) is 3.56. The molecule has 1 fully saturated rings. The lowest BCUT2D eigenvalue weighted by Crippen LogP contribution is -2.40. The second-order valence-corrected chi connectivity index (χ2v) is 6.42. The van der Waals surface area contributed by atoms with Crippen LogP contribution in [0.4, 0.5) is 0 Å². The Labute approximate surface area is 99.1 Å². The molecule has 7 heteroatoms. The van der Waals surface area contributed by atoms with Crippen molar-refractivity contribution < 1.29 is 13.2 Å². The van der Waals surface area contributed by atoms with Crippen molar-refractivity contribution in [3.8, 4) is 0 Å². The fourth-order valence-electron chi connectivity index (χ4n) is 1.49. The predicted octanol–water partition coefficient (Wildman–Crippen LogP) is 0.825. The molecule has 16 heavy (non-hydrogen) atoms. The minimum absolute atomic E-state index is 0.211. The number of nitrogens with zero attached hydrogens (tertiary/aromatic N) is 2. The molecule has 5 nitrogen and oxygen atoms in total. The number of aromatic nitrogens is 1. The molecule has 2 rings (SSSR count). The van der Waals surface area contributed by atoms with Gasteiger partial charge in [-0.15, -0.1) is 11.3 Å². The predicted molar refractivity (Wildman–Crippen MR) is 61.6 cm³/mol. The Morgan fingerprint density at radius 1 is 1.62 bits per heavy atom. The van der Waals surface area contributed by atoms with Gasteiger partial charge in [-0.25, -0.2) is 13.4 Å². The number of aryl methyl sites for hydroxylation is 1. The van der Waals surface area contributed by atoms with Crippen molar-refractivity contribution in [2.45, 2.75) is 19.9 Å². The molecule has 1 aliphatic rings. The highest BCUT2D eigenvalue weighted by atomic mass is 32.2. The van der Waals surface area contributed by atoms with E-state index in [0.717, 1.165) is 17.1 Å². The normalized spacial score (nSPS) is 21.1. The van der Waals surface area contributed by atoms with Crippen LogP contribution in [-0.2, 0) is 27.7 Å². The first-order valence-electron chi connectivity index (χ1n) is 5.10. The molecule has 0 aliphatic carbocycles. The van der Waals surface area contributed by atoms with Gasteiger partial charge in [-0.05, 0) is 6.42 Å². The summed E-state index contributed by atoms with van der Waals surface area (Å²) in [6.07, 6.45) is 0.889. The van der Waals surface area contributed by atoms with Gasteiger partial charge < -0.3 is 4.74 Å². The molecule has 0 N–H and O–H groups in total. The average molecular weight is 262 g/mol. The summed E-state index contributed by atoms with van der Waals surface area (Å²) < 4.78 is 29.6. The van der Waals surface area contributed by atoms with E-state index in [-0.39, 0.29) is 5.94 Å². The van der Waals surface area contributed by atoms with Crippen molar-refractivity contribution in [3.05, 3.63) is 16.1 Å². The first kappa shape index (κ1) is 12.0. The Morgan fingerprint density at radius 3 is 3.06 bits per heavy atom. The van der Waals surface area contributed by atoms with E-state index < -0.39 is 10.0 Å². The molecule has 0 bridgehead atoms. The van der Waals surface area contributed by atoms with E-state index in [1.54, 1.807) is 11.3 Å². The monoisotopic (exact) mass is 262 g/mol. The zero-order valence-electron chi connectivity index (χ0n) is 9.05. The minimum atomic E-state index is -3.24. The van der Waals surface area contributed by atoms with Crippen LogP contribution in [0.5, 0.6) is 0 Å². The summed E-state index contributed by atoms with van der Waals surface area (Å²) in [7, 11) is -3.24. The van der Waals surface area contributed by atoms with Crippen LogP contribution >= 0.6 is 11.3 Å². The Kier molecular flexibility index (Phi) is 3.58. The summed E-state index contributed by atoms with van der Waals surface area (Å²) in [5, 5.41) is 2.96. The van der Waals surface area contributed by atoms with Crippen LogP contribution in [0.15, 0.2) is 5.38 Å². The van der Waals surface area contributed by atoms with E-state index in [9.17, 15) is 8.42 Å². The summed E-state index contributed by atoms with van der Waals surface area (Å²) in [5.41, 5.74) is 0.826. The lowest BCUT2D eigenvalue weighted by molar-refractivity contribution is 0.130. The van der Waals surface area contributed by atoms with E-state index in [0.29, 0.717) is 19.7 Å². The topological polar surface area (TPSA) is 59.5 Å². The molecule has 2 heterocycles. The highest BCUT2D eigenvalue weighted by Crippen LogP contribution is 2.16. The molecule has 0 spiro atoms. The number of hydrogen-bond acceptors (Lipinski definition) is 5. The Balaban J connectivity index is 2.08. The van der Waals surface area contributed by atoms with Crippen LogP contribution in [0.25, 0.3) is 0 Å². The molecule has 90 valence electrons. The lowest BCUT2D eigenvalue weighted by atomic mass is 10.4. The molecule has 0 unspecified atom stereocenters. The molecule has 0 saturated carbocycles. The molecule has 1 aromatic rings. The Bertz CT molecular complexity index is 455. The van der Waals surface area contributed by atoms with E-state index >= 15 is 0 Å². The average Bonchev–Trinajstić information content (AvgIpc) is 2.69. The van der Waals surface area contributed by atoms with Crippen molar-refractivity contribution in [1.82, 2.24) is 9.29 Å². The van der Waals surface area contributed by atoms with Gasteiger partial charge in [0.25, 0.3) is 0 Å². The first-order chi connectivity index (χ1) is 7.62. The van der Waals surface area contributed by atoms with Gasteiger partial charge in [0, 0.05) is 11.9 Å². The summed E-state index contributed by atoms with van der Waals surface area (Å²) in [6, 6.07) is 0. The van der Waals surface area contributed by atoms with Gasteiger partial charge in [0.1, 0.15) is 0 Å². The second kappa shape index (κ2) is 4.79. The maximum atomic E-state index is 11.6. The van der Waals surface area contributed by atoms with Crippen LogP contribution < -0.4 is 0 Å². The van der Waals surface area contributed by atoms with Gasteiger partial charge in [-0.1, -0.05) is 6.92 Å². The van der Waals surface area contributed by atoms with Crippen LogP contribution in [0.1, 0.15) is 17.6 Å². The third-order valence-corrected chi connectivity index (χ3v) is 4.96. The number of thiazole rings is 1. The van der Waals surface area contributed by atoms with Crippen molar-refractivity contribution in [2.75, 3.05) is 19.1 Å². The summed E-state index contributed by atoms with van der Waals surface area (Å²) in [6.45, 7) is 3.28. The van der Waals surface area contributed by atoms with Gasteiger partial charge >= 0.3 is 0 Å². The standard InChI is InChI=1S/C9H14N2O3S2/c1-2-9-10-8(6-15-9)5-11-3-4-14-7-16(11,12)13/h6H,2-5,7H2,1H3. The summed E-state index contributed by atoms with van der Waals surface area (Å²) in [4.78, 5) is 4.36. The fourth-order valence-corrected chi connectivity index (χ4v) is 3.38. The molecule has 1 aliphatic heterocycles. The largest absolute Gasteiger partial charge is 0.363 e. The maximum absolute atomic E-state index is 11.6. The van der Waals surface area contributed by atoms with E-state index in [2.05, 4.69) is 4.98 Å². The number of ether oxygens (including phenoxy) is 1. The van der Waals surface area contributed by atoms with Gasteiger partial charge in [0.2, 0.25) is 10.0 Å². The molecule has 0 radical (unpaired) electrons. The quantitative estimate of drug-likeness (QED) is 0.809. The third kappa shape index (κ3) is 2.60. The molecule has 0 amide bonds. The van der Waals surface area contributed by atoms with Crippen LogP contribution in [0.3, 0.4) is 0 Å². The first-order valence-corrected chi connectivity index (χ1v) is 7.59. The van der Waals surface area contributed by atoms with E-state index in [1.807, 2.05) is 12.3 Å².